The number of sulfonamides is 1. The van der Waals surface area contributed by atoms with E-state index in [0.717, 1.165) is 31.2 Å². The Kier molecular flexibility index (Phi) is 7.23. The number of fused-ring (bicyclic) bond motifs is 1. The number of piperazine rings is 1. The Bertz CT molecular complexity index is 1230. The number of hydrogen-bond acceptors (Lipinski definition) is 5. The number of nitrogens with one attached hydrogen (secondary N) is 2. The van der Waals surface area contributed by atoms with Crippen molar-refractivity contribution in [3.8, 4) is 0 Å². The van der Waals surface area contributed by atoms with Gasteiger partial charge >= 0.3 is 0 Å². The molecule has 2 aliphatic rings. The molecule has 1 heterocycles. The smallest absolute Gasteiger partial charge is 0.254 e. The Morgan fingerprint density at radius 2 is 1.34 bits per heavy atom. The molecule has 1 aliphatic heterocycles. The molecule has 2 aromatic rings. The van der Waals surface area contributed by atoms with Crippen LogP contribution in [0.15, 0.2) is 41.3 Å². The molecule has 0 saturated carbocycles. The van der Waals surface area contributed by atoms with Crippen molar-refractivity contribution >= 4 is 39.1 Å². The SMILES string of the molecule is CC(=O)Nc1cc(NC(C)=O)cc(C(=O)N2CCN(S(=O)(=O)c3ccc4c(c3)CCCC4)CC2)c1. The van der Waals surface area contributed by atoms with Gasteiger partial charge in [0.25, 0.3) is 5.91 Å². The highest BCUT2D eigenvalue weighted by Gasteiger charge is 2.31. The summed E-state index contributed by atoms with van der Waals surface area (Å²) in [5.74, 6) is -0.900. The van der Waals surface area contributed by atoms with Crippen LogP contribution in [-0.2, 0) is 32.5 Å². The standard InChI is InChI=1S/C25H30N4O5S/c1-17(30)26-22-13-21(14-23(16-22)27-18(2)31)25(32)28-9-11-29(12-10-28)35(33,34)24-8-7-19-5-3-4-6-20(19)15-24/h7-8,13-16H,3-6,9-12H2,1-2H3,(H,26,30)(H,27,31). The second-order valence-electron chi connectivity index (χ2n) is 9.00. The predicted molar refractivity (Wildman–Crippen MR) is 133 cm³/mol. The summed E-state index contributed by atoms with van der Waals surface area (Å²) in [5.41, 5.74) is 3.42. The average molecular weight is 499 g/mol. The summed E-state index contributed by atoms with van der Waals surface area (Å²) in [7, 11) is -3.65. The van der Waals surface area contributed by atoms with Crippen LogP contribution in [0.2, 0.25) is 0 Å². The Labute approximate surface area is 205 Å². The van der Waals surface area contributed by atoms with E-state index >= 15 is 0 Å². The number of hydrogen-bond donors (Lipinski definition) is 2. The number of aryl methyl sites for hydroxylation is 2. The number of carbonyl (C=O) groups excluding carboxylic acids is 3. The van der Waals surface area contributed by atoms with E-state index in [1.165, 1.54) is 23.7 Å². The molecule has 4 rings (SSSR count). The highest BCUT2D eigenvalue weighted by molar-refractivity contribution is 7.89. The second-order valence-corrected chi connectivity index (χ2v) is 10.9. The van der Waals surface area contributed by atoms with Gasteiger partial charge in [0.2, 0.25) is 21.8 Å². The third kappa shape index (κ3) is 5.71. The van der Waals surface area contributed by atoms with Gasteiger partial charge in [-0.05, 0) is 67.1 Å². The molecule has 2 N–H and O–H groups in total. The topological polar surface area (TPSA) is 116 Å². The molecule has 0 aromatic heterocycles. The van der Waals surface area contributed by atoms with Gasteiger partial charge in [0.1, 0.15) is 0 Å². The molecule has 1 fully saturated rings. The van der Waals surface area contributed by atoms with Crippen molar-refractivity contribution < 1.29 is 22.8 Å². The maximum absolute atomic E-state index is 13.3. The van der Waals surface area contributed by atoms with Crippen LogP contribution in [0.25, 0.3) is 0 Å². The summed E-state index contributed by atoms with van der Waals surface area (Å²) in [6, 6.07) is 10.1. The maximum Gasteiger partial charge on any atom is 0.254 e. The zero-order chi connectivity index (χ0) is 25.2. The van der Waals surface area contributed by atoms with Gasteiger partial charge in [0.15, 0.2) is 0 Å². The van der Waals surface area contributed by atoms with E-state index < -0.39 is 10.0 Å². The average Bonchev–Trinajstić information content (AvgIpc) is 2.82. The number of benzene rings is 2. The van der Waals surface area contributed by atoms with Crippen molar-refractivity contribution in [1.29, 1.82) is 0 Å². The van der Waals surface area contributed by atoms with Crippen LogP contribution in [0.3, 0.4) is 0 Å². The molecule has 0 bridgehead atoms. The molecular weight excluding hydrogens is 468 g/mol. The van der Waals surface area contributed by atoms with E-state index in [1.54, 1.807) is 35.2 Å². The molecule has 10 heteroatoms. The fraction of sp³-hybridized carbons (Fsp3) is 0.400. The Balaban J connectivity index is 1.48. The first-order chi connectivity index (χ1) is 16.6. The molecule has 186 valence electrons. The molecule has 2 aromatic carbocycles. The second kappa shape index (κ2) is 10.2. The lowest BCUT2D eigenvalue weighted by Gasteiger charge is -2.34. The van der Waals surface area contributed by atoms with E-state index in [0.29, 0.717) is 21.8 Å². The zero-order valence-electron chi connectivity index (χ0n) is 20.0. The summed E-state index contributed by atoms with van der Waals surface area (Å²) in [6.45, 7) is 3.57. The molecule has 1 aliphatic carbocycles. The number of anilines is 2. The van der Waals surface area contributed by atoms with Gasteiger partial charge in [-0.25, -0.2) is 8.42 Å². The first-order valence-corrected chi connectivity index (χ1v) is 13.2. The quantitative estimate of drug-likeness (QED) is 0.658. The van der Waals surface area contributed by atoms with Crippen LogP contribution in [-0.4, -0.2) is 61.5 Å². The van der Waals surface area contributed by atoms with Crippen molar-refractivity contribution in [2.45, 2.75) is 44.4 Å². The van der Waals surface area contributed by atoms with Gasteiger partial charge in [0, 0.05) is 57.0 Å². The minimum absolute atomic E-state index is 0.190. The van der Waals surface area contributed by atoms with Crippen molar-refractivity contribution in [3.63, 3.8) is 0 Å². The fourth-order valence-electron chi connectivity index (χ4n) is 4.64. The number of carbonyl (C=O) groups is 3. The minimum atomic E-state index is -3.65. The van der Waals surface area contributed by atoms with Crippen LogP contribution in [0.4, 0.5) is 11.4 Å². The highest BCUT2D eigenvalue weighted by Crippen LogP contribution is 2.27. The van der Waals surface area contributed by atoms with Gasteiger partial charge in [0.05, 0.1) is 4.90 Å². The van der Waals surface area contributed by atoms with Gasteiger partial charge < -0.3 is 15.5 Å². The molecule has 0 unspecified atom stereocenters. The van der Waals surface area contributed by atoms with E-state index in [1.807, 2.05) is 6.07 Å². The first kappa shape index (κ1) is 24.9. The third-order valence-electron chi connectivity index (χ3n) is 6.30. The predicted octanol–water partition coefficient (Wildman–Crippen LogP) is 2.63. The summed E-state index contributed by atoms with van der Waals surface area (Å²) in [5, 5.41) is 5.27. The molecule has 1 saturated heterocycles. The summed E-state index contributed by atoms with van der Waals surface area (Å²) < 4.78 is 27.9. The minimum Gasteiger partial charge on any atom is -0.336 e. The van der Waals surface area contributed by atoms with Crippen molar-refractivity contribution in [2.24, 2.45) is 0 Å². The summed E-state index contributed by atoms with van der Waals surface area (Å²) in [6.07, 6.45) is 4.10. The summed E-state index contributed by atoms with van der Waals surface area (Å²) >= 11 is 0. The lowest BCUT2D eigenvalue weighted by atomic mass is 9.92. The Morgan fingerprint density at radius 3 is 1.91 bits per heavy atom. The van der Waals surface area contributed by atoms with Crippen LogP contribution in [0.1, 0.15) is 48.2 Å². The number of amides is 3. The van der Waals surface area contributed by atoms with Gasteiger partial charge in [-0.1, -0.05) is 6.07 Å². The van der Waals surface area contributed by atoms with Gasteiger partial charge in [-0.3, -0.25) is 14.4 Å². The van der Waals surface area contributed by atoms with Crippen molar-refractivity contribution in [2.75, 3.05) is 36.8 Å². The van der Waals surface area contributed by atoms with E-state index in [4.69, 9.17) is 0 Å². The largest absolute Gasteiger partial charge is 0.336 e. The lowest BCUT2D eigenvalue weighted by molar-refractivity contribution is -0.115. The number of nitrogens with zero attached hydrogens (tertiary/aromatic N) is 2. The normalized spacial score (nSPS) is 16.3. The zero-order valence-corrected chi connectivity index (χ0v) is 20.8. The monoisotopic (exact) mass is 498 g/mol. The maximum atomic E-state index is 13.3. The first-order valence-electron chi connectivity index (χ1n) is 11.7. The molecule has 35 heavy (non-hydrogen) atoms. The third-order valence-corrected chi connectivity index (χ3v) is 8.20. The van der Waals surface area contributed by atoms with Crippen LogP contribution < -0.4 is 10.6 Å². The van der Waals surface area contributed by atoms with Crippen LogP contribution >= 0.6 is 0 Å². The van der Waals surface area contributed by atoms with Gasteiger partial charge in [-0.2, -0.15) is 4.31 Å². The van der Waals surface area contributed by atoms with Crippen molar-refractivity contribution in [1.82, 2.24) is 9.21 Å². The highest BCUT2D eigenvalue weighted by atomic mass is 32.2. The fourth-order valence-corrected chi connectivity index (χ4v) is 6.11. The lowest BCUT2D eigenvalue weighted by Crippen LogP contribution is -2.50. The molecule has 3 amide bonds. The van der Waals surface area contributed by atoms with Crippen LogP contribution in [0.5, 0.6) is 0 Å². The Hall–Kier alpha value is -3.24. The molecule has 0 radical (unpaired) electrons. The number of rotatable bonds is 5. The van der Waals surface area contributed by atoms with E-state index in [2.05, 4.69) is 10.6 Å². The molecular formula is C25H30N4O5S. The molecule has 9 nitrogen and oxygen atoms in total. The summed E-state index contributed by atoms with van der Waals surface area (Å²) in [4.78, 5) is 38.1. The van der Waals surface area contributed by atoms with Crippen molar-refractivity contribution in [3.05, 3.63) is 53.1 Å². The van der Waals surface area contributed by atoms with E-state index in [9.17, 15) is 22.8 Å². The van der Waals surface area contributed by atoms with E-state index in [-0.39, 0.29) is 43.9 Å². The molecule has 0 spiro atoms. The van der Waals surface area contributed by atoms with Crippen LogP contribution in [0, 0.1) is 0 Å². The molecule has 0 atom stereocenters. The Morgan fingerprint density at radius 1 is 0.771 bits per heavy atom. The van der Waals surface area contributed by atoms with Gasteiger partial charge in [-0.15, -0.1) is 0 Å².